The highest BCUT2D eigenvalue weighted by molar-refractivity contribution is 5.66. The van der Waals surface area contributed by atoms with E-state index in [9.17, 15) is 4.79 Å². The molecule has 1 fully saturated rings. The van der Waals surface area contributed by atoms with Gasteiger partial charge in [-0.3, -0.25) is 4.79 Å². The lowest BCUT2D eigenvalue weighted by Gasteiger charge is -1.79. The molecule has 0 radical (unpaired) electrons. The summed E-state index contributed by atoms with van der Waals surface area (Å²) in [5, 5.41) is 7.91. The second kappa shape index (κ2) is 26.1. The molecular formula is C17H38O2. The van der Waals surface area contributed by atoms with E-state index in [1.807, 2.05) is 6.92 Å². The number of carbonyl (C=O) groups is 1. The maximum Gasteiger partial charge on any atom is 0.303 e. The zero-order chi connectivity index (χ0) is 15.4. The van der Waals surface area contributed by atoms with Gasteiger partial charge in [-0.05, 0) is 6.42 Å². The molecule has 19 heavy (non-hydrogen) atoms. The van der Waals surface area contributed by atoms with Crippen molar-refractivity contribution in [2.45, 2.75) is 105 Å². The molecule has 0 saturated heterocycles. The van der Waals surface area contributed by atoms with Crippen molar-refractivity contribution in [3.63, 3.8) is 0 Å². The molecule has 0 bridgehead atoms. The summed E-state index contributed by atoms with van der Waals surface area (Å²) in [5.41, 5.74) is 0. The molecule has 2 heteroatoms. The fraction of sp³-hybridized carbons (Fsp3) is 0.941. The molecule has 1 rings (SSSR count). The largest absolute Gasteiger partial charge is 0.481 e. The van der Waals surface area contributed by atoms with Gasteiger partial charge in [-0.15, -0.1) is 0 Å². The average Bonchev–Trinajstić information content (AvgIpc) is 2.90. The Morgan fingerprint density at radius 1 is 0.789 bits per heavy atom. The molecule has 0 aromatic heterocycles. The summed E-state index contributed by atoms with van der Waals surface area (Å²) in [6, 6.07) is 0. The van der Waals surface area contributed by atoms with Gasteiger partial charge in [0.05, 0.1) is 0 Å². The fourth-order valence-electron chi connectivity index (χ4n) is 1.45. The van der Waals surface area contributed by atoms with Crippen molar-refractivity contribution in [2.24, 2.45) is 0 Å². The predicted molar refractivity (Wildman–Crippen MR) is 86.8 cm³/mol. The molecule has 0 unspecified atom stereocenters. The first-order valence-electron chi connectivity index (χ1n) is 8.32. The zero-order valence-corrected chi connectivity index (χ0v) is 14.1. The molecule has 118 valence electrons. The molecule has 0 atom stereocenters. The monoisotopic (exact) mass is 274 g/mol. The third-order valence-corrected chi connectivity index (χ3v) is 2.42. The highest BCUT2D eigenvalue weighted by atomic mass is 16.4. The topological polar surface area (TPSA) is 37.3 Å². The molecular weight excluding hydrogens is 236 g/mol. The summed E-state index contributed by atoms with van der Waals surface area (Å²) >= 11 is 0. The first-order chi connectivity index (χ1) is 9.10. The summed E-state index contributed by atoms with van der Waals surface area (Å²) < 4.78 is 0. The molecule has 1 aliphatic rings. The van der Waals surface area contributed by atoms with Crippen LogP contribution >= 0.6 is 0 Å². The molecule has 1 saturated carbocycles. The predicted octanol–water partition coefficient (Wildman–Crippen LogP) is 6.43. The Kier molecular flexibility index (Phi) is 32.4. The summed E-state index contributed by atoms with van der Waals surface area (Å²) in [4.78, 5) is 9.60. The summed E-state index contributed by atoms with van der Waals surface area (Å²) in [5.74, 6) is -0.711. The maximum atomic E-state index is 9.60. The van der Waals surface area contributed by atoms with Crippen LogP contribution in [0.1, 0.15) is 105 Å². The van der Waals surface area contributed by atoms with Crippen LogP contribution in [0.3, 0.4) is 0 Å². The van der Waals surface area contributed by atoms with Crippen molar-refractivity contribution in [1.29, 1.82) is 0 Å². The van der Waals surface area contributed by atoms with Gasteiger partial charge in [0, 0.05) is 6.42 Å². The van der Waals surface area contributed by atoms with Crippen LogP contribution in [0.4, 0.5) is 0 Å². The van der Waals surface area contributed by atoms with E-state index in [1.54, 1.807) is 0 Å². The number of carboxylic acids is 1. The van der Waals surface area contributed by atoms with E-state index in [4.69, 9.17) is 5.11 Å². The number of hydrogen-bond acceptors (Lipinski definition) is 1. The highest BCUT2D eigenvalue weighted by Crippen LogP contribution is 2.15. The third kappa shape index (κ3) is 46.6. The Morgan fingerprint density at radius 3 is 1.16 bits per heavy atom. The van der Waals surface area contributed by atoms with Gasteiger partial charge < -0.3 is 5.11 Å². The first-order valence-corrected chi connectivity index (χ1v) is 8.32. The van der Waals surface area contributed by atoms with Crippen LogP contribution in [0.15, 0.2) is 0 Å². The molecule has 0 aromatic rings. The smallest absolute Gasteiger partial charge is 0.303 e. The lowest BCUT2D eigenvalue weighted by molar-refractivity contribution is -0.137. The van der Waals surface area contributed by atoms with Crippen molar-refractivity contribution >= 4 is 5.97 Å². The van der Waals surface area contributed by atoms with E-state index in [-0.39, 0.29) is 0 Å². The van der Waals surface area contributed by atoms with Gasteiger partial charge in [-0.1, -0.05) is 92.4 Å². The SMILES string of the molecule is C1CCCC1.CCC.CCCC(=O)O.CCCCC. The van der Waals surface area contributed by atoms with Crippen LogP contribution in [0.25, 0.3) is 0 Å². The Hall–Kier alpha value is -0.530. The second-order valence-electron chi connectivity index (χ2n) is 4.97. The quantitative estimate of drug-likeness (QED) is 0.641. The second-order valence-corrected chi connectivity index (χ2v) is 4.97. The van der Waals surface area contributed by atoms with E-state index in [2.05, 4.69) is 27.7 Å². The van der Waals surface area contributed by atoms with Gasteiger partial charge in [0.1, 0.15) is 0 Å². The van der Waals surface area contributed by atoms with E-state index in [0.29, 0.717) is 6.42 Å². The highest BCUT2D eigenvalue weighted by Gasteiger charge is 1.95. The number of aliphatic carboxylic acids is 1. The Balaban J connectivity index is -0.000000184. The van der Waals surface area contributed by atoms with Crippen molar-refractivity contribution in [3.05, 3.63) is 0 Å². The molecule has 1 N–H and O–H groups in total. The van der Waals surface area contributed by atoms with Crippen molar-refractivity contribution < 1.29 is 9.90 Å². The standard InChI is InChI=1S/C5H10.C5H12.C4H8O2.C3H8/c1-2-4-5-3-1;1-3-5-4-2;1-2-3-4(5)6;1-3-2/h1-5H2;3-5H2,1-2H3;2-3H2,1H3,(H,5,6);3H2,1-2H3. The fourth-order valence-corrected chi connectivity index (χ4v) is 1.45. The lowest BCUT2D eigenvalue weighted by Crippen LogP contribution is -1.90. The average molecular weight is 274 g/mol. The van der Waals surface area contributed by atoms with Crippen LogP contribution < -0.4 is 0 Å². The molecule has 0 heterocycles. The Bertz CT molecular complexity index is 131. The minimum atomic E-state index is -0.711. The maximum absolute atomic E-state index is 9.60. The van der Waals surface area contributed by atoms with Gasteiger partial charge in [-0.2, -0.15) is 0 Å². The minimum absolute atomic E-state index is 0.292. The molecule has 0 spiro atoms. The van der Waals surface area contributed by atoms with Gasteiger partial charge >= 0.3 is 5.97 Å². The van der Waals surface area contributed by atoms with E-state index >= 15 is 0 Å². The Morgan fingerprint density at radius 2 is 1.11 bits per heavy atom. The lowest BCUT2D eigenvalue weighted by atomic mass is 10.3. The Labute approximate surface area is 122 Å². The van der Waals surface area contributed by atoms with E-state index in [0.717, 1.165) is 6.42 Å². The molecule has 0 amide bonds. The van der Waals surface area contributed by atoms with Crippen LogP contribution in [-0.2, 0) is 4.79 Å². The molecule has 1 aliphatic carbocycles. The number of rotatable bonds is 4. The van der Waals surface area contributed by atoms with Gasteiger partial charge in [-0.25, -0.2) is 0 Å². The molecule has 0 aromatic carbocycles. The van der Waals surface area contributed by atoms with E-state index in [1.165, 1.54) is 57.8 Å². The number of hydrogen-bond donors (Lipinski definition) is 1. The zero-order valence-electron chi connectivity index (χ0n) is 14.1. The van der Waals surface area contributed by atoms with Crippen LogP contribution in [0, 0.1) is 0 Å². The van der Waals surface area contributed by atoms with Gasteiger partial charge in [0.25, 0.3) is 0 Å². The van der Waals surface area contributed by atoms with Gasteiger partial charge in [0.2, 0.25) is 0 Å². The van der Waals surface area contributed by atoms with Crippen LogP contribution in [-0.4, -0.2) is 11.1 Å². The van der Waals surface area contributed by atoms with Crippen molar-refractivity contribution in [3.8, 4) is 0 Å². The molecule has 2 nitrogen and oxygen atoms in total. The first kappa shape index (κ1) is 23.6. The normalized spacial score (nSPS) is 12.1. The summed E-state index contributed by atoms with van der Waals surface area (Å²) in [6.07, 6.45) is 13.8. The number of unbranched alkanes of at least 4 members (excludes halogenated alkanes) is 2. The van der Waals surface area contributed by atoms with Crippen molar-refractivity contribution in [1.82, 2.24) is 0 Å². The summed E-state index contributed by atoms with van der Waals surface area (Å²) in [7, 11) is 0. The van der Waals surface area contributed by atoms with E-state index < -0.39 is 5.97 Å². The minimum Gasteiger partial charge on any atom is -0.481 e. The van der Waals surface area contributed by atoms with Gasteiger partial charge in [0.15, 0.2) is 0 Å². The number of carboxylic acid groups (broad SMARTS) is 1. The third-order valence-electron chi connectivity index (χ3n) is 2.42. The van der Waals surface area contributed by atoms with Crippen molar-refractivity contribution in [2.75, 3.05) is 0 Å². The summed E-state index contributed by atoms with van der Waals surface area (Å²) in [6.45, 7) is 10.5. The van der Waals surface area contributed by atoms with Crippen LogP contribution in [0.2, 0.25) is 0 Å². The van der Waals surface area contributed by atoms with Crippen LogP contribution in [0.5, 0.6) is 0 Å². The molecule has 0 aliphatic heterocycles.